The summed E-state index contributed by atoms with van der Waals surface area (Å²) in [6.07, 6.45) is 6.18. The van der Waals surface area contributed by atoms with Crippen LogP contribution in [-0.4, -0.2) is 38.4 Å². The van der Waals surface area contributed by atoms with E-state index >= 15 is 0 Å². The summed E-state index contributed by atoms with van der Waals surface area (Å²) in [5.41, 5.74) is 4.88. The van der Waals surface area contributed by atoms with E-state index in [2.05, 4.69) is 32.6 Å². The number of fused-ring (bicyclic) bond motifs is 2. The third-order valence-corrected chi connectivity index (χ3v) is 5.76. The van der Waals surface area contributed by atoms with Crippen molar-refractivity contribution in [2.24, 2.45) is 0 Å². The van der Waals surface area contributed by atoms with E-state index < -0.39 is 0 Å². The Morgan fingerprint density at radius 3 is 3.00 bits per heavy atom. The summed E-state index contributed by atoms with van der Waals surface area (Å²) >= 11 is 0. The van der Waals surface area contributed by atoms with Gasteiger partial charge in [0.15, 0.2) is 17.8 Å². The Kier molecular flexibility index (Phi) is 4.38. The lowest BCUT2D eigenvalue weighted by molar-refractivity contribution is 0.0726. The number of H-pyrrole nitrogens is 1. The Morgan fingerprint density at radius 1 is 1.24 bits per heavy atom. The van der Waals surface area contributed by atoms with E-state index in [1.165, 1.54) is 23.8 Å². The van der Waals surface area contributed by atoms with Crippen LogP contribution in [0.3, 0.4) is 0 Å². The first-order valence-electron chi connectivity index (χ1n) is 9.83. The van der Waals surface area contributed by atoms with Crippen LogP contribution in [-0.2, 0) is 19.4 Å². The van der Waals surface area contributed by atoms with Gasteiger partial charge < -0.3 is 14.6 Å². The number of benzene rings is 1. The van der Waals surface area contributed by atoms with Crippen LogP contribution in [0.2, 0.25) is 0 Å². The molecule has 0 bridgehead atoms. The predicted molar refractivity (Wildman–Crippen MR) is 103 cm³/mol. The molecule has 2 aliphatic rings. The van der Waals surface area contributed by atoms with Crippen LogP contribution in [0.4, 0.5) is 0 Å². The normalized spacial score (nSPS) is 18.1. The van der Waals surface area contributed by atoms with Gasteiger partial charge in [0, 0.05) is 12.1 Å². The van der Waals surface area contributed by atoms with Gasteiger partial charge in [0.05, 0.1) is 18.3 Å². The summed E-state index contributed by atoms with van der Waals surface area (Å²) in [7, 11) is 0. The van der Waals surface area contributed by atoms with Crippen molar-refractivity contribution in [1.82, 2.24) is 25.4 Å². The maximum atomic E-state index is 13.0. The highest BCUT2D eigenvalue weighted by molar-refractivity contribution is 5.95. The highest BCUT2D eigenvalue weighted by Crippen LogP contribution is 2.30. The SMILES string of the molecule is O=C(NC1CCCc2ccccc21)c1n[nH]c2c1CCN(C(=O)c1cocn1)C2. The van der Waals surface area contributed by atoms with Crippen molar-refractivity contribution < 1.29 is 14.0 Å². The van der Waals surface area contributed by atoms with Crippen molar-refractivity contribution in [2.45, 2.75) is 38.3 Å². The number of hydrogen-bond donors (Lipinski definition) is 2. The molecule has 2 N–H and O–H groups in total. The minimum absolute atomic E-state index is 0.00799. The number of aromatic amines is 1. The molecular weight excluding hydrogens is 370 g/mol. The maximum absolute atomic E-state index is 13.0. The first kappa shape index (κ1) is 17.7. The molecule has 29 heavy (non-hydrogen) atoms. The van der Waals surface area contributed by atoms with E-state index in [9.17, 15) is 9.59 Å². The molecule has 8 nitrogen and oxygen atoms in total. The number of carbonyl (C=O) groups is 2. The van der Waals surface area contributed by atoms with E-state index in [0.717, 1.165) is 30.5 Å². The van der Waals surface area contributed by atoms with Gasteiger partial charge in [0.2, 0.25) is 0 Å². The zero-order valence-electron chi connectivity index (χ0n) is 15.9. The molecule has 5 rings (SSSR count). The van der Waals surface area contributed by atoms with Crippen LogP contribution in [0.1, 0.15) is 62.2 Å². The molecule has 1 atom stereocenters. The Hall–Kier alpha value is -3.42. The number of rotatable bonds is 3. The number of nitrogens with one attached hydrogen (secondary N) is 2. The second kappa shape index (κ2) is 7.20. The molecule has 148 valence electrons. The van der Waals surface area contributed by atoms with Gasteiger partial charge >= 0.3 is 0 Å². The van der Waals surface area contributed by atoms with E-state index in [1.807, 2.05) is 12.1 Å². The summed E-state index contributed by atoms with van der Waals surface area (Å²) in [6.45, 7) is 0.873. The van der Waals surface area contributed by atoms with Crippen molar-refractivity contribution in [3.05, 3.63) is 70.7 Å². The molecule has 1 aromatic carbocycles. The molecule has 0 saturated carbocycles. The van der Waals surface area contributed by atoms with E-state index in [1.54, 1.807) is 4.90 Å². The summed E-state index contributed by atoms with van der Waals surface area (Å²) in [5, 5.41) is 10.4. The molecule has 0 saturated heterocycles. The molecule has 0 radical (unpaired) electrons. The van der Waals surface area contributed by atoms with Crippen molar-refractivity contribution in [3.63, 3.8) is 0 Å². The molecule has 2 aromatic heterocycles. The molecule has 2 amide bonds. The zero-order chi connectivity index (χ0) is 19.8. The van der Waals surface area contributed by atoms with Crippen LogP contribution in [0.5, 0.6) is 0 Å². The summed E-state index contributed by atoms with van der Waals surface area (Å²) < 4.78 is 4.90. The van der Waals surface area contributed by atoms with Crippen LogP contribution < -0.4 is 5.32 Å². The maximum Gasteiger partial charge on any atom is 0.276 e. The minimum atomic E-state index is -0.191. The van der Waals surface area contributed by atoms with Crippen molar-refractivity contribution in [2.75, 3.05) is 6.54 Å². The zero-order valence-corrected chi connectivity index (χ0v) is 15.9. The molecule has 0 fully saturated rings. The number of hydrogen-bond acceptors (Lipinski definition) is 5. The number of aryl methyl sites for hydroxylation is 1. The van der Waals surface area contributed by atoms with Crippen molar-refractivity contribution in [3.8, 4) is 0 Å². The van der Waals surface area contributed by atoms with Crippen molar-refractivity contribution >= 4 is 11.8 Å². The van der Waals surface area contributed by atoms with Gasteiger partial charge in [-0.2, -0.15) is 5.10 Å². The minimum Gasteiger partial charge on any atom is -0.451 e. The topological polar surface area (TPSA) is 104 Å². The smallest absolute Gasteiger partial charge is 0.276 e. The first-order valence-corrected chi connectivity index (χ1v) is 9.83. The summed E-state index contributed by atoms with van der Waals surface area (Å²) in [5.74, 6) is -0.357. The summed E-state index contributed by atoms with van der Waals surface area (Å²) in [4.78, 5) is 31.0. The highest BCUT2D eigenvalue weighted by atomic mass is 16.3. The Morgan fingerprint density at radius 2 is 2.14 bits per heavy atom. The number of nitrogens with zero attached hydrogens (tertiary/aromatic N) is 3. The molecule has 1 aliphatic carbocycles. The second-order valence-electron chi connectivity index (χ2n) is 7.50. The lowest BCUT2D eigenvalue weighted by Crippen LogP contribution is -2.37. The van der Waals surface area contributed by atoms with Gasteiger partial charge in [-0.15, -0.1) is 0 Å². The van der Waals surface area contributed by atoms with Crippen LogP contribution in [0.25, 0.3) is 0 Å². The van der Waals surface area contributed by atoms with Gasteiger partial charge in [-0.25, -0.2) is 4.98 Å². The fraction of sp³-hybridized carbons (Fsp3) is 0.333. The monoisotopic (exact) mass is 391 g/mol. The number of oxazole rings is 1. The molecule has 1 unspecified atom stereocenters. The van der Waals surface area contributed by atoms with Gasteiger partial charge in [0.25, 0.3) is 11.8 Å². The molecule has 0 spiro atoms. The van der Waals surface area contributed by atoms with Crippen LogP contribution in [0.15, 0.2) is 41.3 Å². The largest absolute Gasteiger partial charge is 0.451 e. The van der Waals surface area contributed by atoms with Gasteiger partial charge in [-0.3, -0.25) is 14.7 Å². The van der Waals surface area contributed by atoms with Gasteiger partial charge in [-0.1, -0.05) is 24.3 Å². The second-order valence-corrected chi connectivity index (χ2v) is 7.50. The quantitative estimate of drug-likeness (QED) is 0.713. The first-order chi connectivity index (χ1) is 14.2. The van der Waals surface area contributed by atoms with E-state index in [-0.39, 0.29) is 23.6 Å². The highest BCUT2D eigenvalue weighted by Gasteiger charge is 2.30. The molecular formula is C21H21N5O3. The number of aromatic nitrogens is 3. The average molecular weight is 391 g/mol. The van der Waals surface area contributed by atoms with Crippen LogP contribution in [0, 0.1) is 0 Å². The van der Waals surface area contributed by atoms with Crippen molar-refractivity contribution in [1.29, 1.82) is 0 Å². The molecule has 1 aliphatic heterocycles. The Labute approximate surface area is 167 Å². The summed E-state index contributed by atoms with van der Waals surface area (Å²) in [6, 6.07) is 8.28. The molecule has 8 heteroatoms. The Bertz CT molecular complexity index is 1060. The fourth-order valence-electron chi connectivity index (χ4n) is 4.29. The van der Waals surface area contributed by atoms with Gasteiger partial charge in [0.1, 0.15) is 6.26 Å². The lowest BCUT2D eigenvalue weighted by Gasteiger charge is -2.27. The standard InChI is InChI=1S/C21H21N5O3/c27-20(23-16-7-3-5-13-4-1-2-6-14(13)16)19-15-8-9-26(10-17(15)24-25-19)21(28)18-11-29-12-22-18/h1-2,4,6,11-12,16H,3,5,7-10H2,(H,23,27)(H,24,25). The molecule has 3 aromatic rings. The predicted octanol–water partition coefficient (Wildman–Crippen LogP) is 2.40. The lowest BCUT2D eigenvalue weighted by atomic mass is 9.87. The fourth-order valence-corrected chi connectivity index (χ4v) is 4.29. The van der Waals surface area contributed by atoms with E-state index in [0.29, 0.717) is 25.2 Å². The number of amides is 2. The third-order valence-electron chi connectivity index (χ3n) is 5.76. The van der Waals surface area contributed by atoms with Gasteiger partial charge in [-0.05, 0) is 36.8 Å². The van der Waals surface area contributed by atoms with Crippen LogP contribution >= 0.6 is 0 Å². The average Bonchev–Trinajstić information content (AvgIpc) is 3.43. The molecule has 3 heterocycles. The number of carbonyl (C=O) groups excluding carboxylic acids is 2. The third kappa shape index (κ3) is 3.20. The Balaban J connectivity index is 1.32. The van der Waals surface area contributed by atoms with E-state index in [4.69, 9.17) is 4.42 Å².